The molecule has 6 nitrogen and oxygen atoms in total. The van der Waals surface area contributed by atoms with E-state index in [0.717, 1.165) is 17.0 Å². The number of rotatable bonds is 4. The van der Waals surface area contributed by atoms with Crippen molar-refractivity contribution in [1.82, 2.24) is 19.6 Å². The maximum Gasteiger partial charge on any atom is 0.258 e. The standard InChI is InChI=1S/C22H20ClN5O/c1-14-6-4-7-17(10-14)21(29)27(19-9-5-8-18(23)12-19)13-20-25-22-24-15(2)11-16(3)28(22)26-20/h4-12H,13H2,1-3H3. The lowest BCUT2D eigenvalue weighted by Crippen LogP contribution is -2.31. The van der Waals surface area contributed by atoms with E-state index < -0.39 is 0 Å². The highest BCUT2D eigenvalue weighted by Gasteiger charge is 2.21. The fraction of sp³-hybridized carbons (Fsp3) is 0.182. The summed E-state index contributed by atoms with van der Waals surface area (Å²) in [6.45, 7) is 6.03. The molecule has 0 unspecified atom stereocenters. The largest absolute Gasteiger partial charge is 0.301 e. The summed E-state index contributed by atoms with van der Waals surface area (Å²) in [7, 11) is 0. The molecular weight excluding hydrogens is 386 g/mol. The van der Waals surface area contributed by atoms with Crippen LogP contribution in [0.25, 0.3) is 5.78 Å². The first-order valence-electron chi connectivity index (χ1n) is 9.25. The number of carbonyl (C=O) groups is 1. The van der Waals surface area contributed by atoms with Crippen molar-refractivity contribution in [2.24, 2.45) is 0 Å². The summed E-state index contributed by atoms with van der Waals surface area (Å²) in [6.07, 6.45) is 0. The van der Waals surface area contributed by atoms with Crippen molar-refractivity contribution >= 4 is 29.0 Å². The number of hydrogen-bond donors (Lipinski definition) is 0. The fourth-order valence-corrected chi connectivity index (χ4v) is 3.46. The van der Waals surface area contributed by atoms with Crippen LogP contribution in [-0.2, 0) is 6.54 Å². The van der Waals surface area contributed by atoms with Crippen LogP contribution in [0.1, 0.15) is 33.1 Å². The summed E-state index contributed by atoms with van der Waals surface area (Å²) in [6, 6.07) is 16.7. The van der Waals surface area contributed by atoms with Crippen LogP contribution in [0.2, 0.25) is 5.02 Å². The molecule has 0 aliphatic carbocycles. The molecule has 0 spiro atoms. The van der Waals surface area contributed by atoms with E-state index in [1.54, 1.807) is 27.6 Å². The molecule has 0 N–H and O–H groups in total. The summed E-state index contributed by atoms with van der Waals surface area (Å²) in [4.78, 5) is 24.0. The highest BCUT2D eigenvalue weighted by Crippen LogP contribution is 2.23. The number of aryl methyl sites for hydroxylation is 3. The number of hydrogen-bond acceptors (Lipinski definition) is 4. The van der Waals surface area contributed by atoms with Gasteiger partial charge in [0.1, 0.15) is 0 Å². The summed E-state index contributed by atoms with van der Waals surface area (Å²) >= 11 is 6.19. The van der Waals surface area contributed by atoms with Crippen LogP contribution in [0.15, 0.2) is 54.6 Å². The van der Waals surface area contributed by atoms with E-state index >= 15 is 0 Å². The molecule has 0 saturated carbocycles. The summed E-state index contributed by atoms with van der Waals surface area (Å²) in [5.41, 5.74) is 4.10. The Labute approximate surface area is 173 Å². The van der Waals surface area contributed by atoms with E-state index in [-0.39, 0.29) is 12.5 Å². The predicted octanol–water partition coefficient (Wildman–Crippen LogP) is 4.55. The van der Waals surface area contributed by atoms with Crippen molar-refractivity contribution in [3.8, 4) is 0 Å². The van der Waals surface area contributed by atoms with Gasteiger partial charge in [-0.25, -0.2) is 9.50 Å². The molecule has 4 rings (SSSR count). The van der Waals surface area contributed by atoms with Crippen LogP contribution in [0.3, 0.4) is 0 Å². The molecule has 0 radical (unpaired) electrons. The van der Waals surface area contributed by atoms with E-state index in [1.165, 1.54) is 0 Å². The van der Waals surface area contributed by atoms with Crippen LogP contribution in [0, 0.1) is 20.8 Å². The van der Waals surface area contributed by atoms with Gasteiger partial charge in [-0.1, -0.05) is 35.4 Å². The Morgan fingerprint density at radius 1 is 1.03 bits per heavy atom. The second-order valence-electron chi connectivity index (χ2n) is 7.02. The molecule has 146 valence electrons. The summed E-state index contributed by atoms with van der Waals surface area (Å²) < 4.78 is 1.69. The zero-order valence-corrected chi connectivity index (χ0v) is 17.2. The number of aromatic nitrogens is 4. The lowest BCUT2D eigenvalue weighted by atomic mass is 10.1. The molecule has 0 saturated heterocycles. The predicted molar refractivity (Wildman–Crippen MR) is 113 cm³/mol. The molecule has 4 aromatic rings. The van der Waals surface area contributed by atoms with Gasteiger partial charge in [-0.15, -0.1) is 5.10 Å². The first-order valence-corrected chi connectivity index (χ1v) is 9.62. The number of halogens is 1. The Balaban J connectivity index is 1.76. The minimum Gasteiger partial charge on any atom is -0.301 e. The molecule has 7 heteroatoms. The van der Waals surface area contributed by atoms with Gasteiger partial charge in [0.2, 0.25) is 0 Å². The summed E-state index contributed by atoms with van der Waals surface area (Å²) in [5, 5.41) is 5.11. The lowest BCUT2D eigenvalue weighted by Gasteiger charge is -2.22. The Morgan fingerprint density at radius 3 is 2.59 bits per heavy atom. The molecular formula is C22H20ClN5O. The van der Waals surface area contributed by atoms with E-state index in [4.69, 9.17) is 11.6 Å². The van der Waals surface area contributed by atoms with Crippen LogP contribution in [0.5, 0.6) is 0 Å². The molecule has 29 heavy (non-hydrogen) atoms. The van der Waals surface area contributed by atoms with Crippen LogP contribution < -0.4 is 4.90 Å². The van der Waals surface area contributed by atoms with Gasteiger partial charge in [0, 0.05) is 27.7 Å². The van der Waals surface area contributed by atoms with Crippen LogP contribution in [0.4, 0.5) is 5.69 Å². The fourth-order valence-electron chi connectivity index (χ4n) is 3.27. The zero-order valence-electron chi connectivity index (χ0n) is 16.4. The number of fused-ring (bicyclic) bond motifs is 1. The van der Waals surface area contributed by atoms with Gasteiger partial charge >= 0.3 is 0 Å². The van der Waals surface area contributed by atoms with E-state index in [1.807, 2.05) is 57.2 Å². The third kappa shape index (κ3) is 3.98. The van der Waals surface area contributed by atoms with Crippen molar-refractivity contribution in [2.45, 2.75) is 27.3 Å². The van der Waals surface area contributed by atoms with E-state index in [2.05, 4.69) is 15.1 Å². The van der Waals surface area contributed by atoms with Crippen molar-refractivity contribution < 1.29 is 4.79 Å². The van der Waals surface area contributed by atoms with Crippen LogP contribution >= 0.6 is 11.6 Å². The lowest BCUT2D eigenvalue weighted by molar-refractivity contribution is 0.0984. The monoisotopic (exact) mass is 405 g/mol. The number of benzene rings is 2. The number of nitrogens with zero attached hydrogens (tertiary/aromatic N) is 5. The van der Waals surface area contributed by atoms with Gasteiger partial charge in [-0.2, -0.15) is 4.98 Å². The average Bonchev–Trinajstić information content (AvgIpc) is 3.08. The van der Waals surface area contributed by atoms with Crippen molar-refractivity contribution in [3.63, 3.8) is 0 Å². The zero-order chi connectivity index (χ0) is 20.5. The van der Waals surface area contributed by atoms with Gasteiger partial charge in [0.15, 0.2) is 5.82 Å². The number of anilines is 1. The first kappa shape index (κ1) is 19.1. The SMILES string of the molecule is Cc1cccc(C(=O)N(Cc2nc3nc(C)cc(C)n3n2)c2cccc(Cl)c2)c1. The minimum atomic E-state index is -0.143. The normalized spacial score (nSPS) is 11.0. The maximum atomic E-state index is 13.4. The Bertz CT molecular complexity index is 1220. The highest BCUT2D eigenvalue weighted by molar-refractivity contribution is 6.31. The first-order chi connectivity index (χ1) is 13.9. The third-order valence-corrected chi connectivity index (χ3v) is 4.83. The third-order valence-electron chi connectivity index (χ3n) is 4.59. The molecule has 2 aromatic heterocycles. The Hall–Kier alpha value is -3.25. The van der Waals surface area contributed by atoms with Crippen LogP contribution in [-0.4, -0.2) is 25.5 Å². The summed E-state index contributed by atoms with van der Waals surface area (Å²) in [5.74, 6) is 0.884. The average molecular weight is 406 g/mol. The van der Waals surface area contributed by atoms with Gasteiger partial charge in [0.25, 0.3) is 11.7 Å². The quantitative estimate of drug-likeness (QED) is 0.499. The highest BCUT2D eigenvalue weighted by atomic mass is 35.5. The molecule has 0 atom stereocenters. The molecule has 1 amide bonds. The van der Waals surface area contributed by atoms with E-state index in [0.29, 0.717) is 27.9 Å². The molecule has 0 bridgehead atoms. The van der Waals surface area contributed by atoms with Gasteiger partial charge in [-0.05, 0) is 57.2 Å². The molecule has 2 aromatic carbocycles. The molecule has 0 fully saturated rings. The Kier molecular flexibility index (Phi) is 5.03. The van der Waals surface area contributed by atoms with Crippen molar-refractivity contribution in [3.05, 3.63) is 88.0 Å². The molecule has 0 aliphatic heterocycles. The maximum absolute atomic E-state index is 13.4. The second-order valence-corrected chi connectivity index (χ2v) is 7.46. The smallest absolute Gasteiger partial charge is 0.258 e. The Morgan fingerprint density at radius 2 is 1.83 bits per heavy atom. The van der Waals surface area contributed by atoms with Gasteiger partial charge < -0.3 is 4.90 Å². The number of carbonyl (C=O) groups excluding carboxylic acids is 1. The molecule has 2 heterocycles. The van der Waals surface area contributed by atoms with Gasteiger partial charge in [0.05, 0.1) is 6.54 Å². The topological polar surface area (TPSA) is 63.4 Å². The molecule has 0 aliphatic rings. The van der Waals surface area contributed by atoms with Gasteiger partial charge in [-0.3, -0.25) is 4.79 Å². The van der Waals surface area contributed by atoms with Crippen molar-refractivity contribution in [1.29, 1.82) is 0 Å². The second kappa shape index (κ2) is 7.64. The minimum absolute atomic E-state index is 0.143. The number of amides is 1. The van der Waals surface area contributed by atoms with E-state index in [9.17, 15) is 4.79 Å². The van der Waals surface area contributed by atoms with Crippen molar-refractivity contribution in [2.75, 3.05) is 4.90 Å².